The van der Waals surface area contributed by atoms with Gasteiger partial charge in [0, 0.05) is 28.7 Å². The summed E-state index contributed by atoms with van der Waals surface area (Å²) in [6.45, 7) is 2.38. The van der Waals surface area contributed by atoms with Crippen molar-refractivity contribution < 1.29 is 14.3 Å². The summed E-state index contributed by atoms with van der Waals surface area (Å²) in [7, 11) is 1.56. The van der Waals surface area contributed by atoms with E-state index < -0.39 is 6.04 Å². The van der Waals surface area contributed by atoms with Crippen LogP contribution in [0, 0.1) is 0 Å². The highest BCUT2D eigenvalue weighted by molar-refractivity contribution is 6.11. The standard InChI is InChI=1S/C24H23N3O3/c1-3-30-24-21(29-2)13-17(14-26-24)27-22(16-9-5-4-6-10-16)23(28)19-15-25-20-12-8-7-11-18(19)20/h4-15,22,25,27H,3H2,1-2H3. The normalized spacial score (nSPS) is 11.8. The molecule has 0 aliphatic carbocycles. The highest BCUT2D eigenvalue weighted by Crippen LogP contribution is 2.31. The first-order valence-corrected chi connectivity index (χ1v) is 9.80. The highest BCUT2D eigenvalue weighted by Gasteiger charge is 2.25. The Morgan fingerprint density at radius 3 is 2.67 bits per heavy atom. The van der Waals surface area contributed by atoms with Gasteiger partial charge in [-0.05, 0) is 18.6 Å². The van der Waals surface area contributed by atoms with Crippen LogP contribution in [0.25, 0.3) is 10.9 Å². The lowest BCUT2D eigenvalue weighted by molar-refractivity contribution is 0.0971. The van der Waals surface area contributed by atoms with Crippen molar-refractivity contribution in [3.8, 4) is 11.6 Å². The smallest absolute Gasteiger partial charge is 0.257 e. The summed E-state index contributed by atoms with van der Waals surface area (Å²) in [4.78, 5) is 21.1. The molecule has 0 aliphatic heterocycles. The summed E-state index contributed by atoms with van der Waals surface area (Å²) in [5.41, 5.74) is 3.09. The van der Waals surface area contributed by atoms with Crippen molar-refractivity contribution in [2.24, 2.45) is 0 Å². The molecule has 4 aromatic rings. The molecule has 2 aromatic carbocycles. The summed E-state index contributed by atoms with van der Waals surface area (Å²) >= 11 is 0. The number of rotatable bonds is 8. The maximum Gasteiger partial charge on any atom is 0.257 e. The topological polar surface area (TPSA) is 76.2 Å². The molecule has 4 rings (SSSR count). The molecule has 0 aliphatic rings. The molecular weight excluding hydrogens is 378 g/mol. The number of ketones is 1. The van der Waals surface area contributed by atoms with E-state index in [1.54, 1.807) is 25.6 Å². The SMILES string of the molecule is CCOc1ncc(NC(C(=O)c2c[nH]c3ccccc23)c2ccccc2)cc1OC. The number of aromatic nitrogens is 2. The highest BCUT2D eigenvalue weighted by atomic mass is 16.5. The Morgan fingerprint density at radius 2 is 1.90 bits per heavy atom. The van der Waals surface area contributed by atoms with Crippen LogP contribution in [0.3, 0.4) is 0 Å². The van der Waals surface area contributed by atoms with Crippen LogP contribution < -0.4 is 14.8 Å². The average molecular weight is 401 g/mol. The van der Waals surface area contributed by atoms with Crippen LogP contribution in [0.15, 0.2) is 73.1 Å². The van der Waals surface area contributed by atoms with Crippen molar-refractivity contribution in [2.45, 2.75) is 13.0 Å². The molecule has 0 amide bonds. The summed E-state index contributed by atoms with van der Waals surface area (Å²) in [6, 6.07) is 18.6. The molecule has 30 heavy (non-hydrogen) atoms. The molecule has 152 valence electrons. The van der Waals surface area contributed by atoms with E-state index in [2.05, 4.69) is 15.3 Å². The van der Waals surface area contributed by atoms with Crippen molar-refractivity contribution in [3.05, 3.63) is 84.2 Å². The van der Waals surface area contributed by atoms with Gasteiger partial charge in [-0.2, -0.15) is 0 Å². The molecule has 2 aromatic heterocycles. The second-order valence-corrected chi connectivity index (χ2v) is 6.76. The Morgan fingerprint density at radius 1 is 1.13 bits per heavy atom. The molecule has 0 spiro atoms. The fourth-order valence-corrected chi connectivity index (χ4v) is 3.45. The van der Waals surface area contributed by atoms with Crippen LogP contribution >= 0.6 is 0 Å². The molecule has 2 heterocycles. The van der Waals surface area contributed by atoms with Crippen LogP contribution in [0.1, 0.15) is 28.9 Å². The molecule has 0 saturated heterocycles. The van der Waals surface area contributed by atoms with Gasteiger partial charge in [-0.1, -0.05) is 48.5 Å². The number of hydrogen-bond donors (Lipinski definition) is 2. The first kappa shape index (κ1) is 19.5. The first-order valence-electron chi connectivity index (χ1n) is 9.80. The molecule has 0 bridgehead atoms. The average Bonchev–Trinajstić information content (AvgIpc) is 3.23. The summed E-state index contributed by atoms with van der Waals surface area (Å²) in [6.07, 6.45) is 3.41. The van der Waals surface area contributed by atoms with E-state index >= 15 is 0 Å². The van der Waals surface area contributed by atoms with Crippen LogP contribution in [0.2, 0.25) is 0 Å². The molecule has 2 N–H and O–H groups in total. The van der Waals surface area contributed by atoms with Gasteiger partial charge in [0.2, 0.25) is 0 Å². The van der Waals surface area contributed by atoms with Gasteiger partial charge < -0.3 is 19.8 Å². The van der Waals surface area contributed by atoms with Crippen molar-refractivity contribution in [3.63, 3.8) is 0 Å². The molecule has 0 fully saturated rings. The van der Waals surface area contributed by atoms with Crippen LogP contribution in [-0.2, 0) is 0 Å². The maximum absolute atomic E-state index is 13.6. The lowest BCUT2D eigenvalue weighted by atomic mass is 9.96. The first-order chi connectivity index (χ1) is 14.7. The summed E-state index contributed by atoms with van der Waals surface area (Å²) < 4.78 is 10.9. The van der Waals surface area contributed by atoms with E-state index in [-0.39, 0.29) is 5.78 Å². The van der Waals surface area contributed by atoms with E-state index in [1.807, 2.05) is 61.5 Å². The van der Waals surface area contributed by atoms with Crippen LogP contribution in [0.4, 0.5) is 5.69 Å². The minimum Gasteiger partial charge on any atom is -0.491 e. The van der Waals surface area contributed by atoms with Gasteiger partial charge in [0.25, 0.3) is 5.88 Å². The van der Waals surface area contributed by atoms with Crippen LogP contribution in [0.5, 0.6) is 11.6 Å². The van der Waals surface area contributed by atoms with Gasteiger partial charge in [0.15, 0.2) is 11.5 Å². The van der Waals surface area contributed by atoms with Gasteiger partial charge in [-0.15, -0.1) is 0 Å². The number of benzene rings is 2. The fraction of sp³-hybridized carbons (Fsp3) is 0.167. The van der Waals surface area contributed by atoms with Crippen molar-refractivity contribution in [2.75, 3.05) is 19.0 Å². The predicted molar refractivity (Wildman–Crippen MR) is 117 cm³/mol. The third-order valence-corrected chi connectivity index (χ3v) is 4.88. The third kappa shape index (κ3) is 3.85. The number of hydrogen-bond acceptors (Lipinski definition) is 5. The lowest BCUT2D eigenvalue weighted by Crippen LogP contribution is -2.21. The number of anilines is 1. The minimum absolute atomic E-state index is 0.0356. The Bertz CT molecular complexity index is 1150. The number of carbonyl (C=O) groups is 1. The van der Waals surface area contributed by atoms with E-state index in [9.17, 15) is 4.79 Å². The van der Waals surface area contributed by atoms with E-state index in [0.29, 0.717) is 29.5 Å². The lowest BCUT2D eigenvalue weighted by Gasteiger charge is -2.20. The number of fused-ring (bicyclic) bond motifs is 1. The van der Waals surface area contributed by atoms with E-state index in [1.165, 1.54) is 0 Å². The van der Waals surface area contributed by atoms with Gasteiger partial charge in [0.1, 0.15) is 6.04 Å². The van der Waals surface area contributed by atoms with Crippen molar-refractivity contribution >= 4 is 22.4 Å². The molecule has 1 unspecified atom stereocenters. The van der Waals surface area contributed by atoms with Gasteiger partial charge in [-0.25, -0.2) is 4.98 Å². The number of pyridine rings is 1. The second kappa shape index (κ2) is 8.69. The number of nitrogens with one attached hydrogen (secondary N) is 2. The maximum atomic E-state index is 13.6. The number of H-pyrrole nitrogens is 1. The third-order valence-electron chi connectivity index (χ3n) is 4.88. The zero-order valence-electron chi connectivity index (χ0n) is 16.9. The Hall–Kier alpha value is -3.80. The number of nitrogens with zero attached hydrogens (tertiary/aromatic N) is 1. The van der Waals surface area contributed by atoms with Gasteiger partial charge in [0.05, 0.1) is 25.6 Å². The number of ether oxygens (including phenoxy) is 2. The van der Waals surface area contributed by atoms with Crippen molar-refractivity contribution in [1.82, 2.24) is 9.97 Å². The number of Topliss-reactive ketones (excluding diaryl/α,β-unsaturated/α-hetero) is 1. The van der Waals surface area contributed by atoms with Gasteiger partial charge >= 0.3 is 0 Å². The molecular formula is C24H23N3O3. The molecule has 6 heteroatoms. The number of aromatic amines is 1. The zero-order chi connectivity index (χ0) is 20.9. The number of para-hydroxylation sites is 1. The molecule has 6 nitrogen and oxygen atoms in total. The Balaban J connectivity index is 1.72. The van der Waals surface area contributed by atoms with E-state index in [4.69, 9.17) is 9.47 Å². The fourth-order valence-electron chi connectivity index (χ4n) is 3.45. The van der Waals surface area contributed by atoms with Gasteiger partial charge in [-0.3, -0.25) is 4.79 Å². The zero-order valence-corrected chi connectivity index (χ0v) is 16.9. The quantitative estimate of drug-likeness (QED) is 0.406. The Kier molecular flexibility index (Phi) is 5.66. The molecule has 0 radical (unpaired) electrons. The molecule has 1 atom stereocenters. The van der Waals surface area contributed by atoms with Crippen molar-refractivity contribution in [1.29, 1.82) is 0 Å². The summed E-state index contributed by atoms with van der Waals surface area (Å²) in [5.74, 6) is 0.893. The van der Waals surface area contributed by atoms with E-state index in [0.717, 1.165) is 16.5 Å². The Labute approximate surface area is 174 Å². The monoisotopic (exact) mass is 401 g/mol. The number of methoxy groups -OCH3 is 1. The second-order valence-electron chi connectivity index (χ2n) is 6.76. The largest absolute Gasteiger partial charge is 0.491 e. The predicted octanol–water partition coefficient (Wildman–Crippen LogP) is 5.01. The molecule has 0 saturated carbocycles. The number of carbonyl (C=O) groups excluding carboxylic acids is 1. The minimum atomic E-state index is -0.588. The van der Waals surface area contributed by atoms with Crippen LogP contribution in [-0.4, -0.2) is 29.5 Å². The summed E-state index contributed by atoms with van der Waals surface area (Å²) in [5, 5.41) is 4.23.